The first-order valence-corrected chi connectivity index (χ1v) is 4.77. The van der Waals surface area contributed by atoms with Crippen LogP contribution in [0.1, 0.15) is 20.3 Å². The molecule has 15 heavy (non-hydrogen) atoms. The second-order valence-corrected chi connectivity index (χ2v) is 2.91. The van der Waals surface area contributed by atoms with Gasteiger partial charge in [0, 0.05) is 6.42 Å². The van der Waals surface area contributed by atoms with E-state index in [0.717, 1.165) is 0 Å². The first-order valence-electron chi connectivity index (χ1n) is 4.77. The number of esters is 2. The fourth-order valence-electron chi connectivity index (χ4n) is 0.997. The maximum absolute atomic E-state index is 11.5. The number of ether oxygens (including phenoxy) is 2. The van der Waals surface area contributed by atoms with Gasteiger partial charge in [-0.05, 0) is 13.8 Å². The standard InChI is InChI=1S/C10H17NO4/c1-4-7-10(11,8(12)14-5-2)9(13)15-6-3/h4H,1,5-7,11H2,2-3H3. The van der Waals surface area contributed by atoms with Gasteiger partial charge in [0.05, 0.1) is 13.2 Å². The molecule has 5 heteroatoms. The van der Waals surface area contributed by atoms with E-state index in [1.165, 1.54) is 6.08 Å². The fourth-order valence-corrected chi connectivity index (χ4v) is 0.997. The maximum Gasteiger partial charge on any atom is 0.338 e. The number of rotatable bonds is 6. The van der Waals surface area contributed by atoms with Crippen LogP contribution in [-0.2, 0) is 19.1 Å². The summed E-state index contributed by atoms with van der Waals surface area (Å²) in [5.41, 5.74) is 3.88. The summed E-state index contributed by atoms with van der Waals surface area (Å²) < 4.78 is 9.43. The van der Waals surface area contributed by atoms with Crippen molar-refractivity contribution in [3.8, 4) is 0 Å². The highest BCUT2D eigenvalue weighted by Gasteiger charge is 2.44. The normalized spacial score (nSPS) is 10.6. The lowest BCUT2D eigenvalue weighted by Crippen LogP contribution is -2.56. The summed E-state index contributed by atoms with van der Waals surface area (Å²) in [5.74, 6) is -1.58. The number of carbonyl (C=O) groups excluding carboxylic acids is 2. The lowest BCUT2D eigenvalue weighted by molar-refractivity contribution is -0.163. The van der Waals surface area contributed by atoms with Gasteiger partial charge >= 0.3 is 11.9 Å². The molecule has 0 unspecified atom stereocenters. The molecular formula is C10H17NO4. The van der Waals surface area contributed by atoms with Crippen molar-refractivity contribution in [3.05, 3.63) is 12.7 Å². The van der Waals surface area contributed by atoms with Crippen molar-refractivity contribution in [1.29, 1.82) is 0 Å². The molecular weight excluding hydrogens is 198 g/mol. The van der Waals surface area contributed by atoms with E-state index in [-0.39, 0.29) is 19.6 Å². The summed E-state index contributed by atoms with van der Waals surface area (Å²) in [6.45, 7) is 7.03. The lowest BCUT2D eigenvalue weighted by atomic mass is 9.97. The van der Waals surface area contributed by atoms with Gasteiger partial charge in [0.15, 0.2) is 0 Å². The molecule has 0 radical (unpaired) electrons. The van der Waals surface area contributed by atoms with Gasteiger partial charge in [0.25, 0.3) is 0 Å². The molecule has 86 valence electrons. The smallest absolute Gasteiger partial charge is 0.338 e. The van der Waals surface area contributed by atoms with Gasteiger partial charge in [-0.1, -0.05) is 6.08 Å². The van der Waals surface area contributed by atoms with Crippen molar-refractivity contribution in [2.45, 2.75) is 25.8 Å². The zero-order chi connectivity index (χ0) is 11.9. The average Bonchev–Trinajstić information content (AvgIpc) is 2.18. The molecule has 0 aromatic heterocycles. The van der Waals surface area contributed by atoms with Crippen molar-refractivity contribution < 1.29 is 19.1 Å². The molecule has 5 nitrogen and oxygen atoms in total. The summed E-state index contributed by atoms with van der Waals surface area (Å²) in [5, 5.41) is 0. The van der Waals surface area contributed by atoms with E-state index in [1.54, 1.807) is 13.8 Å². The molecule has 0 bridgehead atoms. The summed E-state index contributed by atoms with van der Waals surface area (Å²) >= 11 is 0. The molecule has 2 N–H and O–H groups in total. The zero-order valence-electron chi connectivity index (χ0n) is 9.12. The van der Waals surface area contributed by atoms with E-state index in [2.05, 4.69) is 6.58 Å². The van der Waals surface area contributed by atoms with Crippen LogP contribution in [0.5, 0.6) is 0 Å². The van der Waals surface area contributed by atoms with Crippen LogP contribution in [0.2, 0.25) is 0 Å². The molecule has 0 aliphatic heterocycles. The third-order valence-electron chi connectivity index (χ3n) is 1.75. The fraction of sp³-hybridized carbons (Fsp3) is 0.600. The minimum atomic E-state index is -1.77. The Labute approximate surface area is 89.2 Å². The van der Waals surface area contributed by atoms with Crippen LogP contribution in [0.3, 0.4) is 0 Å². The highest BCUT2D eigenvalue weighted by molar-refractivity contribution is 6.04. The van der Waals surface area contributed by atoms with Gasteiger partial charge in [-0.25, -0.2) is 9.59 Å². The summed E-state index contributed by atoms with van der Waals surface area (Å²) in [6.07, 6.45) is 1.37. The second-order valence-electron chi connectivity index (χ2n) is 2.91. The largest absolute Gasteiger partial charge is 0.464 e. The van der Waals surface area contributed by atoms with E-state index in [9.17, 15) is 9.59 Å². The van der Waals surface area contributed by atoms with Gasteiger partial charge < -0.3 is 15.2 Å². The van der Waals surface area contributed by atoms with E-state index < -0.39 is 17.5 Å². The van der Waals surface area contributed by atoms with Crippen LogP contribution in [0.15, 0.2) is 12.7 Å². The molecule has 0 aliphatic rings. The number of hydrogen-bond donors (Lipinski definition) is 1. The lowest BCUT2D eigenvalue weighted by Gasteiger charge is -2.23. The van der Waals surface area contributed by atoms with Gasteiger partial charge in [0.1, 0.15) is 0 Å². The summed E-state index contributed by atoms with van der Waals surface area (Å²) in [6, 6.07) is 0. The van der Waals surface area contributed by atoms with E-state index in [1.807, 2.05) is 0 Å². The van der Waals surface area contributed by atoms with Crippen LogP contribution >= 0.6 is 0 Å². The molecule has 0 rings (SSSR count). The van der Waals surface area contributed by atoms with E-state index in [0.29, 0.717) is 0 Å². The molecule has 0 spiro atoms. The summed E-state index contributed by atoms with van der Waals surface area (Å²) in [4.78, 5) is 23.0. The van der Waals surface area contributed by atoms with Gasteiger partial charge in [0.2, 0.25) is 5.54 Å². The number of hydrogen-bond acceptors (Lipinski definition) is 5. The SMILES string of the molecule is C=CCC(N)(C(=O)OCC)C(=O)OCC. The molecule has 0 amide bonds. The Hall–Kier alpha value is -1.36. The first kappa shape index (κ1) is 13.6. The molecule has 0 fully saturated rings. The molecule has 0 aromatic carbocycles. The number of carbonyl (C=O) groups is 2. The van der Waals surface area contributed by atoms with Crippen molar-refractivity contribution in [3.63, 3.8) is 0 Å². The van der Waals surface area contributed by atoms with Crippen LogP contribution in [0, 0.1) is 0 Å². The third kappa shape index (κ3) is 3.36. The Balaban J connectivity index is 4.78. The Morgan fingerprint density at radius 2 is 1.67 bits per heavy atom. The predicted octanol–water partition coefficient (Wildman–Crippen LogP) is 0.386. The van der Waals surface area contributed by atoms with Crippen LogP contribution in [0.4, 0.5) is 0 Å². The van der Waals surface area contributed by atoms with E-state index >= 15 is 0 Å². The molecule has 0 atom stereocenters. The molecule has 0 aliphatic carbocycles. The molecule has 0 saturated carbocycles. The van der Waals surface area contributed by atoms with Gasteiger partial charge in [-0.3, -0.25) is 0 Å². The minimum Gasteiger partial charge on any atom is -0.464 e. The van der Waals surface area contributed by atoms with Crippen LogP contribution in [0.25, 0.3) is 0 Å². The first-order chi connectivity index (χ1) is 7.02. The Morgan fingerprint density at radius 3 is 1.93 bits per heavy atom. The van der Waals surface area contributed by atoms with Crippen molar-refractivity contribution in [1.82, 2.24) is 0 Å². The van der Waals surface area contributed by atoms with Crippen LogP contribution in [-0.4, -0.2) is 30.7 Å². The highest BCUT2D eigenvalue weighted by Crippen LogP contribution is 2.12. The van der Waals surface area contributed by atoms with Gasteiger partial charge in [-0.15, -0.1) is 6.58 Å². The average molecular weight is 215 g/mol. The highest BCUT2D eigenvalue weighted by atomic mass is 16.6. The Morgan fingerprint density at radius 1 is 1.27 bits per heavy atom. The van der Waals surface area contributed by atoms with Crippen LogP contribution < -0.4 is 5.73 Å². The molecule has 0 aromatic rings. The Bertz CT molecular complexity index is 232. The minimum absolute atomic E-state index is 0.00926. The Kier molecular flexibility index (Phi) is 5.62. The topological polar surface area (TPSA) is 78.6 Å². The number of nitrogens with two attached hydrogens (primary N) is 1. The predicted molar refractivity (Wildman–Crippen MR) is 55.0 cm³/mol. The molecule has 0 heterocycles. The quantitative estimate of drug-likeness (QED) is 0.394. The third-order valence-corrected chi connectivity index (χ3v) is 1.75. The van der Waals surface area contributed by atoms with Crippen molar-refractivity contribution >= 4 is 11.9 Å². The second kappa shape index (κ2) is 6.19. The summed E-state index contributed by atoms with van der Waals surface area (Å²) in [7, 11) is 0. The molecule has 0 saturated heterocycles. The van der Waals surface area contributed by atoms with Crippen molar-refractivity contribution in [2.24, 2.45) is 5.73 Å². The zero-order valence-corrected chi connectivity index (χ0v) is 9.12. The monoisotopic (exact) mass is 215 g/mol. The van der Waals surface area contributed by atoms with E-state index in [4.69, 9.17) is 15.2 Å². The van der Waals surface area contributed by atoms with Gasteiger partial charge in [-0.2, -0.15) is 0 Å². The maximum atomic E-state index is 11.5. The van der Waals surface area contributed by atoms with Crippen molar-refractivity contribution in [2.75, 3.05) is 13.2 Å².